The second-order valence-electron chi connectivity index (χ2n) is 5.81. The van der Waals surface area contributed by atoms with Crippen LogP contribution in [0.25, 0.3) is 0 Å². The van der Waals surface area contributed by atoms with Gasteiger partial charge in [0.25, 0.3) is 0 Å². The van der Waals surface area contributed by atoms with Gasteiger partial charge in [-0.25, -0.2) is 0 Å². The van der Waals surface area contributed by atoms with E-state index in [1.54, 1.807) is 0 Å². The number of hydrogen-bond donors (Lipinski definition) is 2. The Morgan fingerprint density at radius 2 is 2.19 bits per heavy atom. The number of aliphatic hydroxyl groups excluding tert-OH is 1. The van der Waals surface area contributed by atoms with Crippen LogP contribution < -0.4 is 5.32 Å². The molecule has 3 nitrogen and oxygen atoms in total. The van der Waals surface area contributed by atoms with Gasteiger partial charge in [0, 0.05) is 25.7 Å². The van der Waals surface area contributed by atoms with Gasteiger partial charge in [0.05, 0.1) is 0 Å². The molecule has 1 aliphatic heterocycles. The number of likely N-dealkylation sites (tertiary alicyclic amines) is 1. The van der Waals surface area contributed by atoms with E-state index in [9.17, 15) is 0 Å². The molecule has 0 radical (unpaired) electrons. The van der Waals surface area contributed by atoms with Crippen molar-refractivity contribution in [1.29, 1.82) is 0 Å². The van der Waals surface area contributed by atoms with Crippen LogP contribution in [0.5, 0.6) is 0 Å². The smallest absolute Gasteiger partial charge is 0.0446 e. The quantitative estimate of drug-likeness (QED) is 0.692. The Kier molecular flexibility index (Phi) is 5.73. The van der Waals surface area contributed by atoms with Crippen LogP contribution >= 0.6 is 0 Å². The Morgan fingerprint density at radius 3 is 2.69 bits per heavy atom. The van der Waals surface area contributed by atoms with Crippen molar-refractivity contribution in [2.24, 2.45) is 5.41 Å². The van der Waals surface area contributed by atoms with E-state index < -0.39 is 0 Å². The van der Waals surface area contributed by atoms with Gasteiger partial charge in [0.15, 0.2) is 0 Å². The summed E-state index contributed by atoms with van der Waals surface area (Å²) < 4.78 is 0. The Bertz CT molecular complexity index is 194. The van der Waals surface area contributed by atoms with E-state index in [1.165, 1.54) is 19.5 Å². The van der Waals surface area contributed by atoms with Crippen LogP contribution in [-0.2, 0) is 0 Å². The van der Waals surface area contributed by atoms with Crippen molar-refractivity contribution in [2.75, 3.05) is 32.8 Å². The predicted molar refractivity (Wildman–Crippen MR) is 68.6 cm³/mol. The van der Waals surface area contributed by atoms with Gasteiger partial charge >= 0.3 is 0 Å². The van der Waals surface area contributed by atoms with E-state index in [0.717, 1.165) is 25.9 Å². The van der Waals surface area contributed by atoms with Gasteiger partial charge in [-0.15, -0.1) is 0 Å². The molecule has 0 bridgehead atoms. The Balaban J connectivity index is 2.31. The Morgan fingerprint density at radius 1 is 1.44 bits per heavy atom. The molecule has 1 rings (SSSR count). The minimum atomic E-state index is 0.290. The van der Waals surface area contributed by atoms with Gasteiger partial charge in [-0.3, -0.25) is 0 Å². The third-order valence-corrected chi connectivity index (χ3v) is 3.40. The van der Waals surface area contributed by atoms with Crippen LogP contribution in [-0.4, -0.2) is 48.8 Å². The van der Waals surface area contributed by atoms with Crippen molar-refractivity contribution in [3.63, 3.8) is 0 Å². The number of nitrogens with zero attached hydrogens (tertiary/aromatic N) is 1. The molecule has 0 aromatic rings. The summed E-state index contributed by atoms with van der Waals surface area (Å²) in [6, 6.07) is 0.457. The van der Waals surface area contributed by atoms with Crippen molar-refractivity contribution >= 4 is 0 Å². The summed E-state index contributed by atoms with van der Waals surface area (Å²) in [4.78, 5) is 2.53. The van der Waals surface area contributed by atoms with E-state index >= 15 is 0 Å². The molecular formula is C13H28N2O. The molecule has 3 heteroatoms. The summed E-state index contributed by atoms with van der Waals surface area (Å²) in [6.07, 6.45) is 3.33. The highest BCUT2D eigenvalue weighted by molar-refractivity contribution is 4.85. The maximum absolute atomic E-state index is 9.05. The van der Waals surface area contributed by atoms with Gasteiger partial charge in [-0.2, -0.15) is 0 Å². The van der Waals surface area contributed by atoms with Crippen LogP contribution in [0.3, 0.4) is 0 Å². The summed E-state index contributed by atoms with van der Waals surface area (Å²) in [5, 5.41) is 12.6. The van der Waals surface area contributed by atoms with Gasteiger partial charge in [-0.05, 0) is 37.8 Å². The molecular weight excluding hydrogens is 200 g/mol. The normalized spacial score (nSPS) is 22.5. The van der Waals surface area contributed by atoms with Crippen molar-refractivity contribution in [3.05, 3.63) is 0 Å². The largest absolute Gasteiger partial charge is 0.396 e. The first-order valence-corrected chi connectivity index (χ1v) is 6.64. The molecule has 96 valence electrons. The molecule has 1 atom stereocenters. The lowest BCUT2D eigenvalue weighted by molar-refractivity contribution is 0.218. The van der Waals surface area contributed by atoms with Crippen LogP contribution in [0, 0.1) is 5.41 Å². The summed E-state index contributed by atoms with van der Waals surface area (Å²) in [7, 11) is 0. The van der Waals surface area contributed by atoms with Crippen LogP contribution in [0.2, 0.25) is 0 Å². The van der Waals surface area contributed by atoms with Gasteiger partial charge in [0.2, 0.25) is 0 Å². The average molecular weight is 228 g/mol. The molecule has 0 aliphatic carbocycles. The summed E-state index contributed by atoms with van der Waals surface area (Å²) >= 11 is 0. The molecule has 1 unspecified atom stereocenters. The molecule has 2 N–H and O–H groups in total. The first kappa shape index (κ1) is 13.9. The van der Waals surface area contributed by atoms with E-state index in [0.29, 0.717) is 18.1 Å². The van der Waals surface area contributed by atoms with Crippen LogP contribution in [0.1, 0.15) is 40.0 Å². The topological polar surface area (TPSA) is 35.5 Å². The number of rotatable bonds is 7. The lowest BCUT2D eigenvalue weighted by Crippen LogP contribution is -2.41. The van der Waals surface area contributed by atoms with Crippen molar-refractivity contribution in [1.82, 2.24) is 10.2 Å². The fourth-order valence-electron chi connectivity index (χ4n) is 2.45. The highest BCUT2D eigenvalue weighted by Gasteiger charge is 2.29. The fourth-order valence-corrected chi connectivity index (χ4v) is 2.45. The molecule has 0 aromatic carbocycles. The van der Waals surface area contributed by atoms with E-state index in [-0.39, 0.29) is 0 Å². The molecule has 0 spiro atoms. The molecule has 0 aromatic heterocycles. The first-order valence-electron chi connectivity index (χ1n) is 6.64. The molecule has 16 heavy (non-hydrogen) atoms. The maximum Gasteiger partial charge on any atom is 0.0446 e. The minimum absolute atomic E-state index is 0.290. The molecule has 0 saturated carbocycles. The summed E-state index contributed by atoms with van der Waals surface area (Å²) in [5.41, 5.74) is 0.481. The molecule has 1 aliphatic rings. The van der Waals surface area contributed by atoms with Crippen LogP contribution in [0.15, 0.2) is 0 Å². The second kappa shape index (κ2) is 6.58. The van der Waals surface area contributed by atoms with Crippen LogP contribution in [0.4, 0.5) is 0 Å². The lowest BCUT2D eigenvalue weighted by atomic mass is 9.93. The summed E-state index contributed by atoms with van der Waals surface area (Å²) in [5.74, 6) is 0. The number of nitrogens with one attached hydrogen (secondary N) is 1. The number of hydrogen-bond acceptors (Lipinski definition) is 3. The van der Waals surface area contributed by atoms with Gasteiger partial charge in [0.1, 0.15) is 0 Å². The third kappa shape index (κ3) is 4.81. The maximum atomic E-state index is 9.05. The SMILES string of the molecule is CCCNC(CCO)CN1CCC(C)(C)C1. The zero-order valence-electron chi connectivity index (χ0n) is 11.1. The second-order valence-corrected chi connectivity index (χ2v) is 5.81. The van der Waals surface area contributed by atoms with E-state index in [4.69, 9.17) is 5.11 Å². The van der Waals surface area contributed by atoms with Gasteiger partial charge < -0.3 is 15.3 Å². The molecule has 1 fully saturated rings. The first-order chi connectivity index (χ1) is 7.57. The average Bonchev–Trinajstić information content (AvgIpc) is 2.55. The highest BCUT2D eigenvalue weighted by atomic mass is 16.3. The summed E-state index contributed by atoms with van der Waals surface area (Å²) in [6.45, 7) is 11.7. The van der Waals surface area contributed by atoms with Gasteiger partial charge in [-0.1, -0.05) is 20.8 Å². The number of aliphatic hydroxyl groups is 1. The standard InChI is InChI=1S/C13H28N2O/c1-4-7-14-12(5-9-16)10-15-8-6-13(2,3)11-15/h12,14,16H,4-11H2,1-3H3. The van der Waals surface area contributed by atoms with Crippen molar-refractivity contribution in [2.45, 2.75) is 46.1 Å². The van der Waals surface area contributed by atoms with E-state index in [2.05, 4.69) is 31.0 Å². The highest BCUT2D eigenvalue weighted by Crippen LogP contribution is 2.28. The minimum Gasteiger partial charge on any atom is -0.396 e. The third-order valence-electron chi connectivity index (χ3n) is 3.40. The van der Waals surface area contributed by atoms with Crippen molar-refractivity contribution in [3.8, 4) is 0 Å². The Hall–Kier alpha value is -0.120. The fraction of sp³-hybridized carbons (Fsp3) is 1.00. The molecule has 0 amide bonds. The van der Waals surface area contributed by atoms with Crippen molar-refractivity contribution < 1.29 is 5.11 Å². The predicted octanol–water partition coefficient (Wildman–Crippen LogP) is 1.47. The molecule has 1 heterocycles. The molecule has 1 saturated heterocycles. The zero-order valence-corrected chi connectivity index (χ0v) is 11.1. The Labute approximate surface area is 100 Å². The van der Waals surface area contributed by atoms with E-state index in [1.807, 2.05) is 0 Å². The monoisotopic (exact) mass is 228 g/mol. The lowest BCUT2D eigenvalue weighted by Gasteiger charge is -2.25. The zero-order chi connectivity index (χ0) is 12.0.